The van der Waals surface area contributed by atoms with Gasteiger partial charge in [0, 0.05) is 20.0 Å². The molecule has 2 N–H and O–H groups in total. The Bertz CT molecular complexity index is 538. The second-order valence-electron chi connectivity index (χ2n) is 4.95. The van der Waals surface area contributed by atoms with E-state index in [2.05, 4.69) is 4.98 Å². The Balaban J connectivity index is 2.29. The predicted octanol–water partition coefficient (Wildman–Crippen LogP) is 0.744. The zero-order chi connectivity index (χ0) is 14.9. The largest absolute Gasteiger partial charge is 0.461 e. The van der Waals surface area contributed by atoms with Crippen LogP contribution in [0.25, 0.3) is 0 Å². The highest BCUT2D eigenvalue weighted by molar-refractivity contribution is 5.92. The number of nitrogens with zero attached hydrogens (tertiary/aromatic N) is 3. The second-order valence-corrected chi connectivity index (χ2v) is 4.95. The minimum atomic E-state index is -0.507. The molecule has 0 bridgehead atoms. The van der Waals surface area contributed by atoms with Gasteiger partial charge in [-0.15, -0.1) is 0 Å². The van der Waals surface area contributed by atoms with E-state index in [1.165, 1.54) is 0 Å². The van der Waals surface area contributed by atoms with Crippen LogP contribution in [0.4, 0.5) is 5.82 Å². The number of aryl methyl sites for hydroxylation is 1. The van der Waals surface area contributed by atoms with E-state index in [9.17, 15) is 9.59 Å². The van der Waals surface area contributed by atoms with E-state index in [0.717, 1.165) is 0 Å². The lowest BCUT2D eigenvalue weighted by molar-refractivity contribution is -0.132. The Hall–Kier alpha value is -2.05. The van der Waals surface area contributed by atoms with Crippen LogP contribution < -0.4 is 5.73 Å². The molecule has 2 rings (SSSR count). The summed E-state index contributed by atoms with van der Waals surface area (Å²) in [6, 6.07) is 0.0494. The van der Waals surface area contributed by atoms with Gasteiger partial charge < -0.3 is 19.9 Å². The van der Waals surface area contributed by atoms with Gasteiger partial charge in [-0.2, -0.15) is 0 Å². The number of likely N-dealkylation sites (N-methyl/N-ethyl adjacent to an activating group) is 1. The van der Waals surface area contributed by atoms with Crippen LogP contribution in [0, 0.1) is 6.92 Å². The first-order valence-corrected chi connectivity index (χ1v) is 6.71. The van der Waals surface area contributed by atoms with Crippen LogP contribution in [0.1, 0.15) is 42.1 Å². The third-order valence-corrected chi connectivity index (χ3v) is 3.56. The average Bonchev–Trinajstić information content (AvgIpc) is 2.69. The van der Waals surface area contributed by atoms with Crippen molar-refractivity contribution in [3.8, 4) is 0 Å². The van der Waals surface area contributed by atoms with Gasteiger partial charge in [-0.1, -0.05) is 0 Å². The number of amides is 1. The number of carbonyl (C=O) groups is 2. The maximum Gasteiger partial charge on any atom is 0.360 e. The highest BCUT2D eigenvalue weighted by Gasteiger charge is 2.29. The van der Waals surface area contributed by atoms with Gasteiger partial charge in [-0.05, 0) is 20.3 Å². The Morgan fingerprint density at radius 1 is 1.55 bits per heavy atom. The average molecular weight is 280 g/mol. The number of piperidine rings is 1. The van der Waals surface area contributed by atoms with Gasteiger partial charge >= 0.3 is 5.97 Å². The first kappa shape index (κ1) is 14.4. The molecule has 1 unspecified atom stereocenters. The number of hydrogen-bond acceptors (Lipinski definition) is 5. The molecule has 1 aliphatic heterocycles. The molecule has 0 saturated carbocycles. The summed E-state index contributed by atoms with van der Waals surface area (Å²) in [7, 11) is 1.77. The number of rotatable bonds is 3. The van der Waals surface area contributed by atoms with Crippen molar-refractivity contribution < 1.29 is 14.3 Å². The van der Waals surface area contributed by atoms with Crippen molar-refractivity contribution in [3.05, 3.63) is 11.5 Å². The Kier molecular flexibility index (Phi) is 3.96. The van der Waals surface area contributed by atoms with Crippen LogP contribution in [-0.4, -0.2) is 46.5 Å². The van der Waals surface area contributed by atoms with E-state index in [4.69, 9.17) is 10.5 Å². The topological polar surface area (TPSA) is 90.4 Å². The van der Waals surface area contributed by atoms with Gasteiger partial charge in [-0.25, -0.2) is 9.78 Å². The van der Waals surface area contributed by atoms with Crippen LogP contribution >= 0.6 is 0 Å². The first-order valence-electron chi connectivity index (χ1n) is 6.71. The maximum absolute atomic E-state index is 11.8. The van der Waals surface area contributed by atoms with Crippen LogP contribution in [0.5, 0.6) is 0 Å². The molecule has 1 aromatic heterocycles. The molecule has 7 heteroatoms. The van der Waals surface area contributed by atoms with Crippen molar-refractivity contribution in [2.24, 2.45) is 0 Å². The molecule has 1 aromatic rings. The maximum atomic E-state index is 11.8. The van der Waals surface area contributed by atoms with E-state index in [1.54, 1.807) is 25.8 Å². The molecule has 0 radical (unpaired) electrons. The number of carbonyl (C=O) groups excluding carboxylic acids is 2. The Labute approximate surface area is 117 Å². The molecule has 0 spiro atoms. The molecule has 1 amide bonds. The van der Waals surface area contributed by atoms with Crippen molar-refractivity contribution in [3.63, 3.8) is 0 Å². The quantitative estimate of drug-likeness (QED) is 0.825. The van der Waals surface area contributed by atoms with Gasteiger partial charge in [0.05, 0.1) is 12.6 Å². The predicted molar refractivity (Wildman–Crippen MR) is 73.2 cm³/mol. The van der Waals surface area contributed by atoms with Crippen molar-refractivity contribution in [2.45, 2.75) is 32.7 Å². The summed E-state index contributed by atoms with van der Waals surface area (Å²) in [5, 5.41) is 0. The van der Waals surface area contributed by atoms with Crippen molar-refractivity contribution in [1.82, 2.24) is 14.5 Å². The molecule has 1 aliphatic rings. The standard InChI is InChI=1S/C13H20N4O3/c1-4-20-13(19)11-12(14)17(8(2)15-11)9-5-6-10(18)16(3)7-9/h9H,4-7,14H2,1-3H3. The molecule has 7 nitrogen and oxygen atoms in total. The monoisotopic (exact) mass is 280 g/mol. The fraction of sp³-hybridized carbons (Fsp3) is 0.615. The third kappa shape index (κ3) is 2.48. The molecule has 110 valence electrons. The van der Waals surface area contributed by atoms with Crippen LogP contribution in [0.2, 0.25) is 0 Å². The number of hydrogen-bond donors (Lipinski definition) is 1. The molecule has 20 heavy (non-hydrogen) atoms. The summed E-state index contributed by atoms with van der Waals surface area (Å²) in [5.41, 5.74) is 6.20. The number of nitrogen functional groups attached to an aromatic ring is 1. The fourth-order valence-corrected chi connectivity index (χ4v) is 2.57. The summed E-state index contributed by atoms with van der Waals surface area (Å²) < 4.78 is 6.77. The van der Waals surface area contributed by atoms with Crippen molar-refractivity contribution in [2.75, 3.05) is 25.9 Å². The highest BCUT2D eigenvalue weighted by atomic mass is 16.5. The van der Waals surface area contributed by atoms with Crippen LogP contribution in [-0.2, 0) is 9.53 Å². The minimum absolute atomic E-state index is 0.0494. The number of likely N-dealkylation sites (tertiary alicyclic amines) is 1. The van der Waals surface area contributed by atoms with E-state index in [1.807, 2.05) is 4.57 Å². The SMILES string of the molecule is CCOC(=O)c1nc(C)n(C2CCC(=O)N(C)C2)c1N. The summed E-state index contributed by atoms with van der Waals surface area (Å²) in [6.45, 7) is 4.39. The highest BCUT2D eigenvalue weighted by Crippen LogP contribution is 2.27. The summed E-state index contributed by atoms with van der Waals surface area (Å²) in [4.78, 5) is 29.2. The lowest BCUT2D eigenvalue weighted by Gasteiger charge is -2.31. The molecule has 0 aromatic carbocycles. The molecule has 2 heterocycles. The molecular weight excluding hydrogens is 260 g/mol. The fourth-order valence-electron chi connectivity index (χ4n) is 2.57. The lowest BCUT2D eigenvalue weighted by atomic mass is 10.1. The zero-order valence-corrected chi connectivity index (χ0v) is 12.0. The van der Waals surface area contributed by atoms with Crippen LogP contribution in [0.15, 0.2) is 0 Å². The van der Waals surface area contributed by atoms with Gasteiger partial charge in [0.25, 0.3) is 0 Å². The second kappa shape index (κ2) is 5.52. The first-order chi connectivity index (χ1) is 9.45. The summed E-state index contributed by atoms with van der Waals surface area (Å²) in [6.07, 6.45) is 1.18. The van der Waals surface area contributed by atoms with Gasteiger partial charge in [-0.3, -0.25) is 4.79 Å². The molecule has 0 aliphatic carbocycles. The molecular formula is C13H20N4O3. The summed E-state index contributed by atoms with van der Waals surface area (Å²) >= 11 is 0. The van der Waals surface area contributed by atoms with Crippen molar-refractivity contribution in [1.29, 1.82) is 0 Å². The molecule has 1 saturated heterocycles. The van der Waals surface area contributed by atoms with E-state index >= 15 is 0 Å². The zero-order valence-electron chi connectivity index (χ0n) is 12.0. The normalized spacial score (nSPS) is 19.2. The van der Waals surface area contributed by atoms with E-state index in [-0.39, 0.29) is 24.2 Å². The molecule has 1 fully saturated rings. The van der Waals surface area contributed by atoms with Crippen LogP contribution in [0.3, 0.4) is 0 Å². The van der Waals surface area contributed by atoms with Gasteiger partial charge in [0.2, 0.25) is 5.91 Å². The third-order valence-electron chi connectivity index (χ3n) is 3.56. The van der Waals surface area contributed by atoms with E-state index in [0.29, 0.717) is 31.0 Å². The van der Waals surface area contributed by atoms with E-state index < -0.39 is 5.97 Å². The number of anilines is 1. The number of aromatic nitrogens is 2. The van der Waals surface area contributed by atoms with Gasteiger partial charge in [0.1, 0.15) is 11.6 Å². The minimum Gasteiger partial charge on any atom is -0.461 e. The van der Waals surface area contributed by atoms with Crippen molar-refractivity contribution >= 4 is 17.7 Å². The number of ether oxygens (including phenoxy) is 1. The summed E-state index contributed by atoms with van der Waals surface area (Å²) in [5.74, 6) is 0.599. The number of nitrogens with two attached hydrogens (primary N) is 1. The lowest BCUT2D eigenvalue weighted by Crippen LogP contribution is -2.38. The number of esters is 1. The molecule has 1 atom stereocenters. The van der Waals surface area contributed by atoms with Gasteiger partial charge in [0.15, 0.2) is 5.69 Å². The number of imidazole rings is 1. The smallest absolute Gasteiger partial charge is 0.360 e. The Morgan fingerprint density at radius 2 is 2.25 bits per heavy atom. The Morgan fingerprint density at radius 3 is 2.85 bits per heavy atom.